The summed E-state index contributed by atoms with van der Waals surface area (Å²) in [5.74, 6) is -1.97. The van der Waals surface area contributed by atoms with Crippen molar-refractivity contribution >= 4 is 17.9 Å². The summed E-state index contributed by atoms with van der Waals surface area (Å²) >= 11 is 0. The maximum absolute atomic E-state index is 12.4. The smallest absolute Gasteiger partial charge is 0.330 e. The minimum Gasteiger partial charge on any atom is -0.468 e. The lowest BCUT2D eigenvalue weighted by atomic mass is 9.80. The van der Waals surface area contributed by atoms with E-state index in [9.17, 15) is 14.4 Å². The number of carbonyl (C=O) groups excluding carboxylic acids is 3. The Morgan fingerprint density at radius 3 is 1.88 bits per heavy atom. The molecule has 0 fully saturated rings. The molecule has 6 nitrogen and oxygen atoms in total. The van der Waals surface area contributed by atoms with Crippen molar-refractivity contribution in [2.45, 2.75) is 46.5 Å². The predicted molar refractivity (Wildman–Crippen MR) is 99.3 cm³/mol. The molecule has 0 aliphatic rings. The van der Waals surface area contributed by atoms with Crippen molar-refractivity contribution in [2.75, 3.05) is 21.3 Å². The summed E-state index contributed by atoms with van der Waals surface area (Å²) in [6.45, 7) is 6.01. The van der Waals surface area contributed by atoms with Crippen molar-refractivity contribution in [1.82, 2.24) is 0 Å². The fraction of sp³-hybridized carbons (Fsp3) is 0.550. The summed E-state index contributed by atoms with van der Waals surface area (Å²) in [7, 11) is 3.68. The van der Waals surface area contributed by atoms with Crippen LogP contribution in [0, 0.1) is 5.41 Å². The van der Waals surface area contributed by atoms with E-state index in [-0.39, 0.29) is 12.8 Å². The van der Waals surface area contributed by atoms with Gasteiger partial charge in [-0.3, -0.25) is 9.59 Å². The summed E-state index contributed by atoms with van der Waals surface area (Å²) in [5.41, 5.74) is 0.757. The molecule has 0 saturated carbocycles. The van der Waals surface area contributed by atoms with Gasteiger partial charge in [0.05, 0.1) is 21.3 Å². The number of methoxy groups -OCH3 is 3. The molecule has 0 aromatic carbocycles. The first kappa shape index (κ1) is 23.6. The van der Waals surface area contributed by atoms with Crippen molar-refractivity contribution in [3.05, 3.63) is 35.5 Å². The number of allylic oxidation sites excluding steroid dienone is 5. The van der Waals surface area contributed by atoms with E-state index in [0.717, 1.165) is 18.4 Å². The van der Waals surface area contributed by atoms with Gasteiger partial charge in [0.2, 0.25) is 0 Å². The van der Waals surface area contributed by atoms with Crippen molar-refractivity contribution in [1.29, 1.82) is 0 Å². The Bertz CT molecular complexity index is 563. The SMILES string of the molecule is COC(=O)/C=C/CC(C/C=C(\C)CCC=C(C)C)(C(=O)OC)C(=O)OC. The molecule has 26 heavy (non-hydrogen) atoms. The molecule has 0 amide bonds. The number of rotatable bonds is 10. The standard InChI is InChI=1S/C20H30O6/c1-15(2)9-7-10-16(3)12-14-20(18(22)25-5,19(23)26-6)13-8-11-17(21)24-4/h8-9,11-12H,7,10,13-14H2,1-6H3/b11-8+,16-12+. The molecule has 0 aliphatic heterocycles. The molecule has 0 radical (unpaired) electrons. The summed E-state index contributed by atoms with van der Waals surface area (Å²) in [6.07, 6.45) is 8.37. The van der Waals surface area contributed by atoms with Crippen molar-refractivity contribution < 1.29 is 28.6 Å². The van der Waals surface area contributed by atoms with E-state index in [0.29, 0.717) is 0 Å². The van der Waals surface area contributed by atoms with Gasteiger partial charge in [-0.1, -0.05) is 29.4 Å². The van der Waals surface area contributed by atoms with Crippen LogP contribution in [-0.2, 0) is 28.6 Å². The normalized spacial score (nSPS) is 11.8. The Balaban J connectivity index is 5.50. The number of esters is 3. The van der Waals surface area contributed by atoms with Crippen LogP contribution in [0.15, 0.2) is 35.5 Å². The Labute approximate surface area is 155 Å². The van der Waals surface area contributed by atoms with Gasteiger partial charge in [0.15, 0.2) is 5.41 Å². The number of hydrogen-bond acceptors (Lipinski definition) is 6. The summed E-state index contributed by atoms with van der Waals surface area (Å²) in [5, 5.41) is 0. The zero-order chi connectivity index (χ0) is 20.2. The first-order valence-corrected chi connectivity index (χ1v) is 8.43. The van der Waals surface area contributed by atoms with Gasteiger partial charge in [0, 0.05) is 6.08 Å². The van der Waals surface area contributed by atoms with Gasteiger partial charge in [-0.05, 0) is 46.5 Å². The lowest BCUT2D eigenvalue weighted by Crippen LogP contribution is -2.40. The van der Waals surface area contributed by atoms with Crippen LogP contribution < -0.4 is 0 Å². The quantitative estimate of drug-likeness (QED) is 0.193. The van der Waals surface area contributed by atoms with Gasteiger partial charge in [0.25, 0.3) is 0 Å². The van der Waals surface area contributed by atoms with Gasteiger partial charge in [-0.15, -0.1) is 0 Å². The minimum absolute atomic E-state index is 0.0286. The van der Waals surface area contributed by atoms with Crippen LogP contribution in [0.2, 0.25) is 0 Å². The average Bonchev–Trinajstić information content (AvgIpc) is 2.62. The molecular weight excluding hydrogens is 336 g/mol. The van der Waals surface area contributed by atoms with E-state index in [1.807, 2.05) is 26.8 Å². The van der Waals surface area contributed by atoms with E-state index < -0.39 is 23.3 Å². The van der Waals surface area contributed by atoms with Crippen LogP contribution in [0.3, 0.4) is 0 Å². The average molecular weight is 366 g/mol. The monoisotopic (exact) mass is 366 g/mol. The second kappa shape index (κ2) is 12.1. The highest BCUT2D eigenvalue weighted by Crippen LogP contribution is 2.32. The third-order valence-electron chi connectivity index (χ3n) is 3.96. The predicted octanol–water partition coefficient (Wildman–Crippen LogP) is 3.52. The molecule has 0 saturated heterocycles. The minimum atomic E-state index is -1.54. The van der Waals surface area contributed by atoms with Crippen molar-refractivity contribution in [3.63, 3.8) is 0 Å². The zero-order valence-electron chi connectivity index (χ0n) is 16.6. The van der Waals surface area contributed by atoms with E-state index in [4.69, 9.17) is 9.47 Å². The molecule has 0 rings (SSSR count). The Hall–Kier alpha value is -2.37. The fourth-order valence-corrected chi connectivity index (χ4v) is 2.35. The maximum Gasteiger partial charge on any atom is 0.330 e. The molecule has 0 aliphatic carbocycles. The molecule has 0 aromatic heterocycles. The lowest BCUT2D eigenvalue weighted by Gasteiger charge is -2.26. The highest BCUT2D eigenvalue weighted by atomic mass is 16.5. The molecule has 6 heteroatoms. The van der Waals surface area contributed by atoms with Gasteiger partial charge >= 0.3 is 17.9 Å². The zero-order valence-corrected chi connectivity index (χ0v) is 16.6. The molecule has 0 N–H and O–H groups in total. The second-order valence-corrected chi connectivity index (χ2v) is 6.27. The van der Waals surface area contributed by atoms with Crippen molar-refractivity contribution in [2.24, 2.45) is 5.41 Å². The van der Waals surface area contributed by atoms with Crippen LogP contribution in [-0.4, -0.2) is 39.2 Å². The molecule has 146 valence electrons. The first-order valence-electron chi connectivity index (χ1n) is 8.43. The van der Waals surface area contributed by atoms with Gasteiger partial charge in [-0.2, -0.15) is 0 Å². The first-order chi connectivity index (χ1) is 12.2. The molecule has 0 bridgehead atoms. The Kier molecular flexibility index (Phi) is 11.0. The van der Waals surface area contributed by atoms with E-state index >= 15 is 0 Å². The molecular formula is C20H30O6. The fourth-order valence-electron chi connectivity index (χ4n) is 2.35. The largest absolute Gasteiger partial charge is 0.468 e. The third kappa shape index (κ3) is 7.68. The number of carbonyl (C=O) groups is 3. The van der Waals surface area contributed by atoms with Gasteiger partial charge in [0.1, 0.15) is 0 Å². The molecule has 0 atom stereocenters. The summed E-state index contributed by atoms with van der Waals surface area (Å²) in [6, 6.07) is 0. The van der Waals surface area contributed by atoms with E-state index in [1.54, 1.807) is 0 Å². The highest BCUT2D eigenvalue weighted by molar-refractivity contribution is 6.00. The summed E-state index contributed by atoms with van der Waals surface area (Å²) < 4.78 is 14.2. The molecule has 0 spiro atoms. The molecule has 0 unspecified atom stereocenters. The topological polar surface area (TPSA) is 78.9 Å². The van der Waals surface area contributed by atoms with E-state index in [1.165, 1.54) is 39.1 Å². The lowest BCUT2D eigenvalue weighted by molar-refractivity contribution is -0.168. The van der Waals surface area contributed by atoms with Gasteiger partial charge < -0.3 is 14.2 Å². The Morgan fingerprint density at radius 1 is 0.846 bits per heavy atom. The van der Waals surface area contributed by atoms with E-state index in [2.05, 4.69) is 10.8 Å². The van der Waals surface area contributed by atoms with Gasteiger partial charge in [-0.25, -0.2) is 4.79 Å². The van der Waals surface area contributed by atoms with Crippen LogP contribution in [0.4, 0.5) is 0 Å². The second-order valence-electron chi connectivity index (χ2n) is 6.27. The molecule has 0 heterocycles. The summed E-state index contributed by atoms with van der Waals surface area (Å²) in [4.78, 5) is 36.0. The Morgan fingerprint density at radius 2 is 1.42 bits per heavy atom. The maximum atomic E-state index is 12.4. The van der Waals surface area contributed by atoms with Crippen LogP contribution in [0.25, 0.3) is 0 Å². The number of ether oxygens (including phenoxy) is 3. The third-order valence-corrected chi connectivity index (χ3v) is 3.96. The molecule has 0 aromatic rings. The number of hydrogen-bond donors (Lipinski definition) is 0. The highest BCUT2D eigenvalue weighted by Gasteiger charge is 2.46. The van der Waals surface area contributed by atoms with Crippen LogP contribution >= 0.6 is 0 Å². The van der Waals surface area contributed by atoms with Crippen LogP contribution in [0.1, 0.15) is 46.5 Å². The van der Waals surface area contributed by atoms with Crippen molar-refractivity contribution in [3.8, 4) is 0 Å². The van der Waals surface area contributed by atoms with Crippen LogP contribution in [0.5, 0.6) is 0 Å².